The molecule has 6 aliphatic rings. The van der Waals surface area contributed by atoms with E-state index in [1.807, 2.05) is 0 Å². The van der Waals surface area contributed by atoms with Crippen LogP contribution >= 0.6 is 0 Å². The first-order valence-corrected chi connectivity index (χ1v) is 23.2. The minimum atomic E-state index is -4.84. The number of fused-ring (bicyclic) bond motifs is 10. The van der Waals surface area contributed by atoms with E-state index in [0.29, 0.717) is 35.0 Å². The molecule has 4 fully saturated rings. The number of imide groups is 2. The lowest BCUT2D eigenvalue weighted by Crippen LogP contribution is -2.42. The molecule has 0 radical (unpaired) electrons. The molecule has 4 bridgehead atoms. The van der Waals surface area contributed by atoms with Crippen molar-refractivity contribution in [2.45, 2.75) is 68.9 Å². The number of nitrogens with one attached hydrogen (secondary N) is 2. The standard InChI is InChI=1S/C27H22F3N3O5.C26H20F3N3O5/c1-15(34)32-17-4-7-19(8-5-17)37-12-11-26-10-9-25(2,38-26)21-22(26)24(36)33(23(21)35)18-6-3-16(14-31)20(13-18)27(28,29)30;1-14(33)31-15-3-6-17(7-4-15)36-12-11-25-10-9-20(37-25)21-22(25)24(35)32(23(21)34)16-5-8-19(30-2)18(13-16)26(27,28)29/h3-10,13,21-22H,11-12H2,1-2H3,(H,32,34);3-10,13,20-22H,11-12H2,1H3,(H,31,33)/t21-,22+,25?,26?;20?,21-,22+,25?/m01/s1. The Balaban J connectivity index is 0.000000184. The lowest BCUT2D eigenvalue weighted by atomic mass is 9.71. The number of benzene rings is 4. The highest BCUT2D eigenvalue weighted by molar-refractivity contribution is 6.24. The molecule has 75 heavy (non-hydrogen) atoms. The minimum Gasteiger partial charge on any atom is -0.493 e. The summed E-state index contributed by atoms with van der Waals surface area (Å²) in [4.78, 5) is 80.5. The Hall–Kier alpha value is -8.34. The molecule has 0 saturated carbocycles. The van der Waals surface area contributed by atoms with Crippen LogP contribution in [0, 0.1) is 41.6 Å². The molecule has 8 atom stereocenters. The van der Waals surface area contributed by atoms with Gasteiger partial charge in [0.2, 0.25) is 35.4 Å². The minimum absolute atomic E-state index is 0.125. The third-order valence-electron chi connectivity index (χ3n) is 13.9. The fourth-order valence-corrected chi connectivity index (χ4v) is 10.8. The zero-order chi connectivity index (χ0) is 54.0. The van der Waals surface area contributed by atoms with Gasteiger partial charge < -0.3 is 29.6 Å². The fourth-order valence-electron chi connectivity index (χ4n) is 10.8. The predicted octanol–water partition coefficient (Wildman–Crippen LogP) is 8.70. The molecule has 0 spiro atoms. The zero-order valence-electron chi connectivity index (χ0n) is 39.7. The molecule has 0 aliphatic carbocycles. The Bertz CT molecular complexity index is 3200. The molecule has 4 aromatic carbocycles. The van der Waals surface area contributed by atoms with Crippen molar-refractivity contribution in [3.05, 3.63) is 137 Å². The van der Waals surface area contributed by atoms with Crippen LogP contribution in [-0.2, 0) is 50.6 Å². The van der Waals surface area contributed by atoms with Crippen LogP contribution in [0.1, 0.15) is 50.3 Å². The van der Waals surface area contributed by atoms with Gasteiger partial charge in [0.05, 0.1) is 83.6 Å². The molecule has 6 aliphatic heterocycles. The monoisotopic (exact) mass is 1040 g/mol. The number of anilines is 4. The van der Waals surface area contributed by atoms with Crippen LogP contribution in [0.2, 0.25) is 0 Å². The lowest BCUT2D eigenvalue weighted by Gasteiger charge is -2.29. The summed E-state index contributed by atoms with van der Waals surface area (Å²) in [5.41, 5.74) is -6.30. The first-order valence-electron chi connectivity index (χ1n) is 23.2. The quantitative estimate of drug-likeness (QED) is 0.0596. The summed E-state index contributed by atoms with van der Waals surface area (Å²) in [6, 6.07) is 20.5. The number of rotatable bonds is 12. The van der Waals surface area contributed by atoms with E-state index in [2.05, 4.69) is 15.5 Å². The van der Waals surface area contributed by atoms with E-state index in [1.54, 1.807) is 79.8 Å². The van der Waals surface area contributed by atoms with Gasteiger partial charge in [-0.15, -0.1) is 0 Å². The second-order valence-electron chi connectivity index (χ2n) is 18.7. The van der Waals surface area contributed by atoms with E-state index < -0.39 is 105 Å². The Morgan fingerprint density at radius 3 is 1.73 bits per heavy atom. The maximum Gasteiger partial charge on any atom is 0.417 e. The van der Waals surface area contributed by atoms with Gasteiger partial charge in [0.1, 0.15) is 22.7 Å². The van der Waals surface area contributed by atoms with E-state index in [4.69, 9.17) is 30.8 Å². The van der Waals surface area contributed by atoms with Gasteiger partial charge >= 0.3 is 12.4 Å². The zero-order valence-corrected chi connectivity index (χ0v) is 39.7. The van der Waals surface area contributed by atoms with E-state index in [-0.39, 0.29) is 49.2 Å². The highest BCUT2D eigenvalue weighted by Gasteiger charge is 2.72. The number of alkyl halides is 6. The van der Waals surface area contributed by atoms with E-state index in [1.165, 1.54) is 32.0 Å². The molecular weight excluding hydrogens is 995 g/mol. The molecule has 22 heteroatoms. The molecule has 6 amide bonds. The van der Waals surface area contributed by atoms with Gasteiger partial charge in [-0.1, -0.05) is 30.4 Å². The average Bonchev–Trinajstić information content (AvgIpc) is 4.35. The van der Waals surface area contributed by atoms with Crippen LogP contribution in [0.3, 0.4) is 0 Å². The maximum absolute atomic E-state index is 13.6. The summed E-state index contributed by atoms with van der Waals surface area (Å²) in [5, 5.41) is 14.4. The van der Waals surface area contributed by atoms with Crippen molar-refractivity contribution < 1.29 is 74.1 Å². The molecule has 4 unspecified atom stereocenters. The number of nitriles is 1. The number of hydrogen-bond acceptors (Lipinski definition) is 11. The smallest absolute Gasteiger partial charge is 0.417 e. The molecule has 6 heterocycles. The number of carbonyl (C=O) groups is 6. The van der Waals surface area contributed by atoms with Gasteiger partial charge in [0.15, 0.2) is 5.69 Å². The normalized spacial score (nSPS) is 26.6. The predicted molar refractivity (Wildman–Crippen MR) is 253 cm³/mol. The highest BCUT2D eigenvalue weighted by Crippen LogP contribution is 2.59. The van der Waals surface area contributed by atoms with E-state index >= 15 is 0 Å². The van der Waals surface area contributed by atoms with Gasteiger partial charge in [-0.05, 0) is 85.8 Å². The molecule has 4 aromatic rings. The maximum atomic E-state index is 13.6. The number of nitrogens with zero attached hydrogens (tertiary/aromatic N) is 4. The van der Waals surface area contributed by atoms with Crippen molar-refractivity contribution >= 4 is 63.9 Å². The molecule has 16 nitrogen and oxygen atoms in total. The molecule has 2 N–H and O–H groups in total. The van der Waals surface area contributed by atoms with Crippen LogP contribution in [-0.4, -0.2) is 71.6 Å². The molecular formula is C53H42F6N6O10. The molecule has 386 valence electrons. The van der Waals surface area contributed by atoms with E-state index in [0.717, 1.165) is 21.9 Å². The SMILES string of the molecule is CC(=O)Nc1ccc(OCCC23C=CC(C)(O2)[C@@H]2C(=O)N(c4ccc(C#N)c(C(F)(F)F)c4)C(=O)[C@@H]23)cc1.[C-]#[N+]c1ccc(N2C(=O)[C@@H]3C4C=CC(CCOc5ccc(NC(C)=O)cc5)(O4)[C@@H]3C2=O)cc1C(F)(F)F. The third kappa shape index (κ3) is 9.24. The first-order chi connectivity index (χ1) is 35.4. The van der Waals surface area contributed by atoms with Crippen molar-refractivity contribution in [2.24, 2.45) is 23.7 Å². The summed E-state index contributed by atoms with van der Waals surface area (Å²) in [5.74, 6) is -5.59. The second-order valence-corrected chi connectivity index (χ2v) is 18.7. The van der Waals surface area contributed by atoms with Gasteiger partial charge in [-0.3, -0.25) is 28.8 Å². The summed E-state index contributed by atoms with van der Waals surface area (Å²) < 4.78 is 105. The van der Waals surface area contributed by atoms with Crippen LogP contribution in [0.25, 0.3) is 4.85 Å². The first kappa shape index (κ1) is 51.6. The number of halogens is 6. The number of ether oxygens (including phenoxy) is 4. The van der Waals surface area contributed by atoms with Crippen LogP contribution < -0.4 is 29.9 Å². The Morgan fingerprint density at radius 1 is 0.693 bits per heavy atom. The van der Waals surface area contributed by atoms with Crippen molar-refractivity contribution in [3.8, 4) is 17.6 Å². The van der Waals surface area contributed by atoms with Crippen molar-refractivity contribution in [3.63, 3.8) is 0 Å². The van der Waals surface area contributed by atoms with Crippen LogP contribution in [0.15, 0.2) is 109 Å². The largest absolute Gasteiger partial charge is 0.493 e. The van der Waals surface area contributed by atoms with E-state index in [9.17, 15) is 55.1 Å². The Morgan fingerprint density at radius 2 is 1.20 bits per heavy atom. The summed E-state index contributed by atoms with van der Waals surface area (Å²) >= 11 is 0. The molecule has 0 aromatic heterocycles. The lowest BCUT2D eigenvalue weighted by molar-refractivity contribution is -0.138. The number of hydrogen-bond donors (Lipinski definition) is 2. The van der Waals surface area contributed by atoms with Crippen molar-refractivity contribution in [1.29, 1.82) is 5.26 Å². The average molecular weight is 1040 g/mol. The van der Waals surface area contributed by atoms with Crippen LogP contribution in [0.4, 0.5) is 54.8 Å². The molecule has 10 rings (SSSR count). The second kappa shape index (κ2) is 18.9. The highest BCUT2D eigenvalue weighted by atomic mass is 19.4. The molecule has 4 saturated heterocycles. The van der Waals surface area contributed by atoms with Gasteiger partial charge in [0, 0.05) is 43.8 Å². The van der Waals surface area contributed by atoms with Gasteiger partial charge in [0.25, 0.3) is 0 Å². The van der Waals surface area contributed by atoms with Gasteiger partial charge in [-0.2, -0.15) is 31.6 Å². The van der Waals surface area contributed by atoms with Crippen molar-refractivity contribution in [1.82, 2.24) is 0 Å². The fraction of sp³-hybridized carbons (Fsp3) is 0.321. The summed E-state index contributed by atoms with van der Waals surface area (Å²) in [6.07, 6.45) is -3.03. The number of carbonyl (C=O) groups excluding carboxylic acids is 6. The Kier molecular flexibility index (Phi) is 13.0. The topological polar surface area (TPSA) is 198 Å². The summed E-state index contributed by atoms with van der Waals surface area (Å²) in [7, 11) is 0. The van der Waals surface area contributed by atoms with Crippen molar-refractivity contribution in [2.75, 3.05) is 33.6 Å². The third-order valence-corrected chi connectivity index (χ3v) is 13.9. The Labute approximate surface area is 423 Å². The van der Waals surface area contributed by atoms with Gasteiger partial charge in [-0.25, -0.2) is 14.6 Å². The van der Waals surface area contributed by atoms with Crippen LogP contribution in [0.5, 0.6) is 11.5 Å². The number of amides is 6. The summed E-state index contributed by atoms with van der Waals surface area (Å²) in [6.45, 7) is 11.7.